The maximum atomic E-state index is 13.1. The quantitative estimate of drug-likeness (QED) is 0.618. The zero-order chi connectivity index (χ0) is 16.5. The van der Waals surface area contributed by atoms with Crippen molar-refractivity contribution in [2.75, 3.05) is 6.54 Å². The fraction of sp³-hybridized carbons (Fsp3) is 0.636. The number of hydrogen-bond acceptors (Lipinski definition) is 5. The molecular weight excluding hydrogens is 295 g/mol. The van der Waals surface area contributed by atoms with Gasteiger partial charge in [-0.1, -0.05) is 0 Å². The van der Waals surface area contributed by atoms with Crippen LogP contribution in [0.3, 0.4) is 0 Å². The van der Waals surface area contributed by atoms with Crippen molar-refractivity contribution in [3.05, 3.63) is 11.8 Å². The Labute approximate surface area is 118 Å². The summed E-state index contributed by atoms with van der Waals surface area (Å²) in [5.74, 6) is -1.55. The molecule has 0 radical (unpaired) electrons. The van der Waals surface area contributed by atoms with Gasteiger partial charge in [0.25, 0.3) is 0 Å². The standard InChI is InChI=1S/C11H16F3N3O4/c1-9(2,3)21-8(20)15-5-10(11(12,13)14)4-6(7(18)19)16-17-10/h4,16-17H,5H2,1-3H3,(H,15,20)(H,18,19). The zero-order valence-corrected chi connectivity index (χ0v) is 11.6. The van der Waals surface area contributed by atoms with Crippen LogP contribution >= 0.6 is 0 Å². The van der Waals surface area contributed by atoms with Gasteiger partial charge in [0, 0.05) is 0 Å². The molecule has 7 nitrogen and oxygen atoms in total. The van der Waals surface area contributed by atoms with Gasteiger partial charge >= 0.3 is 18.2 Å². The topological polar surface area (TPSA) is 99.7 Å². The smallest absolute Gasteiger partial charge is 0.413 e. The van der Waals surface area contributed by atoms with E-state index in [2.05, 4.69) is 0 Å². The largest absolute Gasteiger partial charge is 0.477 e. The highest BCUT2D eigenvalue weighted by molar-refractivity contribution is 5.86. The van der Waals surface area contributed by atoms with Crippen molar-refractivity contribution in [1.82, 2.24) is 16.2 Å². The van der Waals surface area contributed by atoms with Gasteiger partial charge in [-0.05, 0) is 26.8 Å². The van der Waals surface area contributed by atoms with Gasteiger partial charge in [-0.25, -0.2) is 15.0 Å². The first-order valence-electron chi connectivity index (χ1n) is 5.89. The minimum Gasteiger partial charge on any atom is -0.477 e. The summed E-state index contributed by atoms with van der Waals surface area (Å²) in [6.07, 6.45) is -5.40. The Balaban J connectivity index is 2.84. The summed E-state index contributed by atoms with van der Waals surface area (Å²) in [5.41, 5.74) is -0.475. The molecule has 0 fully saturated rings. The molecule has 1 rings (SSSR count). The number of rotatable bonds is 3. The van der Waals surface area contributed by atoms with Crippen LogP contribution in [0.4, 0.5) is 18.0 Å². The summed E-state index contributed by atoms with van der Waals surface area (Å²) < 4.78 is 44.2. The highest BCUT2D eigenvalue weighted by Crippen LogP contribution is 2.33. The molecule has 0 aromatic rings. The third-order valence-electron chi connectivity index (χ3n) is 2.46. The molecule has 1 unspecified atom stereocenters. The first-order valence-corrected chi connectivity index (χ1v) is 5.89. The molecule has 1 aliphatic heterocycles. The number of hydrazine groups is 1. The van der Waals surface area contributed by atoms with Crippen LogP contribution in [-0.2, 0) is 9.53 Å². The lowest BCUT2D eigenvalue weighted by atomic mass is 9.99. The van der Waals surface area contributed by atoms with Crippen molar-refractivity contribution >= 4 is 12.1 Å². The lowest BCUT2D eigenvalue weighted by Crippen LogP contribution is -2.61. The monoisotopic (exact) mass is 311 g/mol. The molecule has 0 spiro atoms. The average Bonchev–Trinajstić information content (AvgIpc) is 2.68. The number of carboxylic acids is 1. The Morgan fingerprint density at radius 1 is 1.38 bits per heavy atom. The van der Waals surface area contributed by atoms with E-state index in [0.29, 0.717) is 6.08 Å². The van der Waals surface area contributed by atoms with Gasteiger partial charge in [0.1, 0.15) is 11.3 Å². The lowest BCUT2D eigenvalue weighted by Gasteiger charge is -2.30. The highest BCUT2D eigenvalue weighted by Gasteiger charge is 2.56. The summed E-state index contributed by atoms with van der Waals surface area (Å²) >= 11 is 0. The molecule has 0 aromatic heterocycles. The number of aliphatic carboxylic acids is 1. The van der Waals surface area contributed by atoms with Crippen LogP contribution in [0.25, 0.3) is 0 Å². The van der Waals surface area contributed by atoms with E-state index in [1.165, 1.54) is 0 Å². The summed E-state index contributed by atoms with van der Waals surface area (Å²) in [6.45, 7) is 3.76. The van der Waals surface area contributed by atoms with Crippen molar-refractivity contribution in [3.63, 3.8) is 0 Å². The number of carboxylic acid groups (broad SMARTS) is 1. The Bertz CT molecular complexity index is 470. The molecule has 1 heterocycles. The Morgan fingerprint density at radius 3 is 2.33 bits per heavy atom. The van der Waals surface area contributed by atoms with E-state index in [0.717, 1.165) is 0 Å². The number of alkyl carbamates (subject to hydrolysis) is 1. The van der Waals surface area contributed by atoms with E-state index in [9.17, 15) is 22.8 Å². The molecule has 0 saturated heterocycles. The van der Waals surface area contributed by atoms with Gasteiger partial charge in [-0.15, -0.1) is 0 Å². The Hall–Kier alpha value is -1.97. The number of hydrogen-bond donors (Lipinski definition) is 4. The number of halogens is 3. The Morgan fingerprint density at radius 2 is 1.95 bits per heavy atom. The predicted octanol–water partition coefficient (Wildman–Crippen LogP) is 0.888. The molecule has 4 N–H and O–H groups in total. The molecule has 0 aromatic carbocycles. The molecule has 0 bridgehead atoms. The van der Waals surface area contributed by atoms with Crippen molar-refractivity contribution in [1.29, 1.82) is 0 Å². The first kappa shape index (κ1) is 17.1. The molecule has 0 saturated carbocycles. The fourth-order valence-corrected chi connectivity index (χ4v) is 1.49. The van der Waals surface area contributed by atoms with Crippen LogP contribution in [0.5, 0.6) is 0 Å². The number of alkyl halides is 3. The molecular formula is C11H16F3N3O4. The molecule has 10 heteroatoms. The van der Waals surface area contributed by atoms with Crippen LogP contribution in [-0.4, -0.2) is 41.0 Å². The van der Waals surface area contributed by atoms with Gasteiger partial charge in [-0.2, -0.15) is 13.2 Å². The third kappa shape index (κ3) is 4.25. The number of nitrogens with one attached hydrogen (secondary N) is 3. The lowest BCUT2D eigenvalue weighted by molar-refractivity contribution is -0.179. The van der Waals surface area contributed by atoms with E-state index in [1.807, 2.05) is 16.2 Å². The van der Waals surface area contributed by atoms with Crippen LogP contribution in [0, 0.1) is 0 Å². The van der Waals surface area contributed by atoms with Crippen LogP contribution in [0.1, 0.15) is 20.8 Å². The van der Waals surface area contributed by atoms with E-state index in [1.54, 1.807) is 20.8 Å². The minimum atomic E-state index is -4.83. The van der Waals surface area contributed by atoms with E-state index < -0.39 is 41.6 Å². The first-order chi connectivity index (χ1) is 9.36. The molecule has 21 heavy (non-hydrogen) atoms. The predicted molar refractivity (Wildman–Crippen MR) is 65.0 cm³/mol. The Kier molecular flexibility index (Phi) is 4.42. The van der Waals surface area contributed by atoms with Crippen LogP contribution in [0.2, 0.25) is 0 Å². The second-order valence-corrected chi connectivity index (χ2v) is 5.44. The molecule has 0 aliphatic carbocycles. The van der Waals surface area contributed by atoms with E-state index in [-0.39, 0.29) is 0 Å². The van der Waals surface area contributed by atoms with Gasteiger partial charge in [-0.3, -0.25) is 0 Å². The zero-order valence-electron chi connectivity index (χ0n) is 11.6. The molecule has 1 atom stereocenters. The average molecular weight is 311 g/mol. The van der Waals surface area contributed by atoms with Gasteiger partial charge < -0.3 is 20.6 Å². The summed E-state index contributed by atoms with van der Waals surface area (Å²) in [4.78, 5) is 22.1. The SMILES string of the molecule is CC(C)(C)OC(=O)NCC1(C(F)(F)F)C=C(C(=O)O)NN1. The minimum absolute atomic E-state index is 0.465. The van der Waals surface area contributed by atoms with Crippen molar-refractivity contribution in [3.8, 4) is 0 Å². The van der Waals surface area contributed by atoms with Gasteiger partial charge in [0.2, 0.25) is 0 Å². The number of ether oxygens (including phenoxy) is 1. The third-order valence-corrected chi connectivity index (χ3v) is 2.46. The summed E-state index contributed by atoms with van der Waals surface area (Å²) in [7, 11) is 0. The van der Waals surface area contributed by atoms with Crippen LogP contribution < -0.4 is 16.2 Å². The van der Waals surface area contributed by atoms with Crippen LogP contribution in [0.15, 0.2) is 11.8 Å². The molecule has 1 amide bonds. The van der Waals surface area contributed by atoms with E-state index in [4.69, 9.17) is 9.84 Å². The highest BCUT2D eigenvalue weighted by atomic mass is 19.4. The maximum absolute atomic E-state index is 13.1. The number of amides is 1. The second kappa shape index (κ2) is 5.43. The number of carbonyl (C=O) groups is 2. The maximum Gasteiger partial charge on any atom is 0.413 e. The van der Waals surface area contributed by atoms with Crippen molar-refractivity contribution in [2.24, 2.45) is 0 Å². The summed E-state index contributed by atoms with van der Waals surface area (Å²) in [6, 6.07) is 0. The fourth-order valence-electron chi connectivity index (χ4n) is 1.49. The molecule has 120 valence electrons. The van der Waals surface area contributed by atoms with Crippen molar-refractivity contribution < 1.29 is 32.6 Å². The van der Waals surface area contributed by atoms with E-state index >= 15 is 0 Å². The summed E-state index contributed by atoms with van der Waals surface area (Å²) in [5, 5.41) is 10.7. The normalized spacial score (nSPS) is 22.3. The number of carbonyl (C=O) groups excluding carboxylic acids is 1. The van der Waals surface area contributed by atoms with Gasteiger partial charge in [0.15, 0.2) is 5.54 Å². The molecule has 1 aliphatic rings. The van der Waals surface area contributed by atoms with Crippen molar-refractivity contribution in [2.45, 2.75) is 38.1 Å². The van der Waals surface area contributed by atoms with Gasteiger partial charge in [0.05, 0.1) is 6.54 Å². The second-order valence-electron chi connectivity index (χ2n) is 5.44.